The van der Waals surface area contributed by atoms with E-state index in [-0.39, 0.29) is 5.91 Å². The highest BCUT2D eigenvalue weighted by Gasteiger charge is 2.27. The van der Waals surface area contributed by atoms with Gasteiger partial charge in [0, 0.05) is 48.2 Å². The second-order valence-electron chi connectivity index (χ2n) is 7.43. The summed E-state index contributed by atoms with van der Waals surface area (Å²) in [5.74, 6) is 1.95. The summed E-state index contributed by atoms with van der Waals surface area (Å²) in [5.41, 5.74) is 2.30. The summed E-state index contributed by atoms with van der Waals surface area (Å²) in [7, 11) is 0. The van der Waals surface area contributed by atoms with Crippen LogP contribution in [0.15, 0.2) is 51.5 Å². The van der Waals surface area contributed by atoms with E-state index in [1.807, 2.05) is 35.2 Å². The van der Waals surface area contributed by atoms with Gasteiger partial charge in [-0.25, -0.2) is 0 Å². The van der Waals surface area contributed by atoms with Crippen molar-refractivity contribution in [2.75, 3.05) is 31.1 Å². The summed E-state index contributed by atoms with van der Waals surface area (Å²) >= 11 is 3.50. The molecule has 1 aliphatic heterocycles. The van der Waals surface area contributed by atoms with Gasteiger partial charge in [0.15, 0.2) is 17.3 Å². The zero-order valence-electron chi connectivity index (χ0n) is 15.8. The molecule has 0 atom stereocenters. The van der Waals surface area contributed by atoms with E-state index in [1.54, 1.807) is 6.07 Å². The second kappa shape index (κ2) is 7.59. The molecule has 1 amide bonds. The topological polar surface area (TPSA) is 75.4 Å². The van der Waals surface area contributed by atoms with Crippen molar-refractivity contribution >= 4 is 27.7 Å². The predicted molar refractivity (Wildman–Crippen MR) is 112 cm³/mol. The number of rotatable bonds is 4. The first kappa shape index (κ1) is 18.3. The van der Waals surface area contributed by atoms with E-state index in [2.05, 4.69) is 42.3 Å². The number of piperazine rings is 1. The first-order chi connectivity index (χ1) is 14.2. The Bertz CT molecular complexity index is 1020. The summed E-state index contributed by atoms with van der Waals surface area (Å²) in [4.78, 5) is 16.8. The molecule has 0 spiro atoms. The van der Waals surface area contributed by atoms with E-state index in [0.29, 0.717) is 30.5 Å². The quantitative estimate of drug-likeness (QED) is 0.598. The minimum atomic E-state index is -0.109. The van der Waals surface area contributed by atoms with E-state index in [4.69, 9.17) is 4.52 Å². The Morgan fingerprint density at radius 3 is 2.52 bits per heavy atom. The van der Waals surface area contributed by atoms with Crippen LogP contribution in [0, 0.1) is 0 Å². The highest BCUT2D eigenvalue weighted by molar-refractivity contribution is 9.10. The van der Waals surface area contributed by atoms with Crippen LogP contribution >= 0.6 is 15.9 Å². The van der Waals surface area contributed by atoms with Crippen molar-refractivity contribution in [3.8, 4) is 11.3 Å². The van der Waals surface area contributed by atoms with E-state index < -0.39 is 0 Å². The molecule has 29 heavy (non-hydrogen) atoms. The largest absolute Gasteiger partial charge is 0.355 e. The third-order valence-corrected chi connectivity index (χ3v) is 6.12. The van der Waals surface area contributed by atoms with Gasteiger partial charge in [0.05, 0.1) is 5.69 Å². The monoisotopic (exact) mass is 453 g/mol. The SMILES string of the molecule is O=C(c1cc(-c2ccccc2Br)on1)N1CCN(c2ccc(C3CC3)nn2)CC1. The van der Waals surface area contributed by atoms with Crippen molar-refractivity contribution in [2.45, 2.75) is 18.8 Å². The molecular weight excluding hydrogens is 434 g/mol. The average Bonchev–Trinajstić information content (AvgIpc) is 3.51. The number of hydrogen-bond donors (Lipinski definition) is 0. The van der Waals surface area contributed by atoms with Crippen LogP contribution < -0.4 is 4.90 Å². The van der Waals surface area contributed by atoms with Crippen molar-refractivity contribution in [3.63, 3.8) is 0 Å². The maximum atomic E-state index is 12.8. The molecule has 3 heterocycles. The number of nitrogens with zero attached hydrogens (tertiary/aromatic N) is 5. The third kappa shape index (κ3) is 3.76. The van der Waals surface area contributed by atoms with Gasteiger partial charge in [-0.1, -0.05) is 33.2 Å². The molecule has 5 rings (SSSR count). The van der Waals surface area contributed by atoms with Gasteiger partial charge in [0.2, 0.25) is 0 Å². The fourth-order valence-electron chi connectivity index (χ4n) is 3.57. The summed E-state index contributed by atoms with van der Waals surface area (Å²) < 4.78 is 6.31. The maximum absolute atomic E-state index is 12.8. The van der Waals surface area contributed by atoms with Crippen molar-refractivity contribution in [3.05, 3.63) is 58.3 Å². The molecule has 0 N–H and O–H groups in total. The summed E-state index contributed by atoms with van der Waals surface area (Å²) in [6.45, 7) is 2.67. The van der Waals surface area contributed by atoms with Gasteiger partial charge in [-0.3, -0.25) is 4.79 Å². The molecule has 148 valence electrons. The van der Waals surface area contributed by atoms with E-state index in [0.717, 1.165) is 34.6 Å². The van der Waals surface area contributed by atoms with Gasteiger partial charge >= 0.3 is 0 Å². The Morgan fingerprint density at radius 2 is 1.83 bits per heavy atom. The van der Waals surface area contributed by atoms with Crippen molar-refractivity contribution in [1.29, 1.82) is 0 Å². The molecular formula is C21H20BrN5O2. The zero-order chi connectivity index (χ0) is 19.8. The smallest absolute Gasteiger partial charge is 0.276 e. The minimum absolute atomic E-state index is 0.109. The molecule has 3 aromatic rings. The zero-order valence-corrected chi connectivity index (χ0v) is 17.4. The first-order valence-electron chi connectivity index (χ1n) is 9.78. The lowest BCUT2D eigenvalue weighted by Gasteiger charge is -2.34. The summed E-state index contributed by atoms with van der Waals surface area (Å²) in [6.07, 6.45) is 2.44. The molecule has 2 fully saturated rings. The number of benzene rings is 1. The number of amides is 1. The molecule has 2 aliphatic rings. The number of carbonyl (C=O) groups is 1. The first-order valence-corrected chi connectivity index (χ1v) is 10.6. The van der Waals surface area contributed by atoms with Crippen LogP contribution in [0.4, 0.5) is 5.82 Å². The van der Waals surface area contributed by atoms with Crippen LogP contribution in [0.25, 0.3) is 11.3 Å². The minimum Gasteiger partial charge on any atom is -0.355 e. The van der Waals surface area contributed by atoms with Crippen LogP contribution in [0.1, 0.15) is 34.9 Å². The third-order valence-electron chi connectivity index (χ3n) is 5.43. The van der Waals surface area contributed by atoms with Gasteiger partial charge in [0.1, 0.15) is 0 Å². The highest BCUT2D eigenvalue weighted by atomic mass is 79.9. The maximum Gasteiger partial charge on any atom is 0.276 e. The highest BCUT2D eigenvalue weighted by Crippen LogP contribution is 2.38. The standard InChI is InChI=1S/C21H20BrN5O2/c22-16-4-2-1-3-15(16)19-13-18(25-29-19)21(28)27-11-9-26(10-12-27)20-8-7-17(23-24-20)14-5-6-14/h1-4,7-8,13-14H,5-6,9-12H2. The molecule has 8 heteroatoms. The Morgan fingerprint density at radius 1 is 1.03 bits per heavy atom. The molecule has 1 saturated heterocycles. The molecule has 1 aromatic carbocycles. The molecule has 1 saturated carbocycles. The second-order valence-corrected chi connectivity index (χ2v) is 8.28. The van der Waals surface area contributed by atoms with Crippen LogP contribution in [-0.4, -0.2) is 52.3 Å². The average molecular weight is 454 g/mol. The molecule has 2 aromatic heterocycles. The fourth-order valence-corrected chi connectivity index (χ4v) is 4.05. The summed E-state index contributed by atoms with van der Waals surface area (Å²) in [5, 5.41) is 12.7. The Hall–Kier alpha value is -2.74. The lowest BCUT2D eigenvalue weighted by Crippen LogP contribution is -2.49. The molecule has 0 bridgehead atoms. The lowest BCUT2D eigenvalue weighted by atomic mass is 10.1. The van der Waals surface area contributed by atoms with Crippen molar-refractivity contribution < 1.29 is 9.32 Å². The Balaban J connectivity index is 1.23. The van der Waals surface area contributed by atoms with Crippen molar-refractivity contribution in [2.24, 2.45) is 0 Å². The van der Waals surface area contributed by atoms with Gasteiger partial charge in [-0.15, -0.1) is 5.10 Å². The van der Waals surface area contributed by atoms with Gasteiger partial charge in [0.25, 0.3) is 5.91 Å². The van der Waals surface area contributed by atoms with Crippen LogP contribution in [0.3, 0.4) is 0 Å². The molecule has 0 unspecified atom stereocenters. The predicted octanol–water partition coefficient (Wildman–Crippen LogP) is 3.73. The molecule has 7 nitrogen and oxygen atoms in total. The van der Waals surface area contributed by atoms with Crippen molar-refractivity contribution in [1.82, 2.24) is 20.3 Å². The normalized spacial score (nSPS) is 16.9. The van der Waals surface area contributed by atoms with E-state index in [9.17, 15) is 4.79 Å². The van der Waals surface area contributed by atoms with Crippen LogP contribution in [0.2, 0.25) is 0 Å². The lowest BCUT2D eigenvalue weighted by molar-refractivity contribution is 0.0736. The van der Waals surface area contributed by atoms with Crippen LogP contribution in [0.5, 0.6) is 0 Å². The Labute approximate surface area is 176 Å². The summed E-state index contributed by atoms with van der Waals surface area (Å²) in [6, 6.07) is 13.5. The van der Waals surface area contributed by atoms with E-state index >= 15 is 0 Å². The number of carbonyl (C=O) groups excluding carboxylic acids is 1. The molecule has 0 radical (unpaired) electrons. The Kier molecular flexibility index (Phi) is 4.79. The molecule has 1 aliphatic carbocycles. The number of hydrogen-bond acceptors (Lipinski definition) is 6. The number of aromatic nitrogens is 3. The van der Waals surface area contributed by atoms with Gasteiger partial charge in [-0.05, 0) is 37.1 Å². The van der Waals surface area contributed by atoms with Gasteiger partial charge < -0.3 is 14.3 Å². The van der Waals surface area contributed by atoms with Crippen LogP contribution in [-0.2, 0) is 0 Å². The fraction of sp³-hybridized carbons (Fsp3) is 0.333. The van der Waals surface area contributed by atoms with Gasteiger partial charge in [-0.2, -0.15) is 5.10 Å². The number of halogens is 1. The van der Waals surface area contributed by atoms with E-state index in [1.165, 1.54) is 12.8 Å². The number of anilines is 1.